The molecule has 0 atom stereocenters. The molecule has 1 heterocycles. The number of halogens is 1. The summed E-state index contributed by atoms with van der Waals surface area (Å²) in [6, 6.07) is 11.4. The number of H-pyrrole nitrogens is 1. The second-order valence-corrected chi connectivity index (χ2v) is 7.23. The maximum Gasteiger partial charge on any atom is 0.345 e. The van der Waals surface area contributed by atoms with E-state index in [4.69, 9.17) is 0 Å². The lowest BCUT2D eigenvalue weighted by Crippen LogP contribution is -2.31. The number of hydrogen-bond acceptors (Lipinski definition) is 4. The number of nitrogens with one attached hydrogen (secondary N) is 2. The van der Waals surface area contributed by atoms with Gasteiger partial charge in [0.1, 0.15) is 5.56 Å². The van der Waals surface area contributed by atoms with Gasteiger partial charge in [-0.25, -0.2) is 19.1 Å². The van der Waals surface area contributed by atoms with E-state index >= 15 is 0 Å². The Bertz CT molecular complexity index is 1230. The summed E-state index contributed by atoms with van der Waals surface area (Å²) in [6.07, 6.45) is 0.920. The van der Waals surface area contributed by atoms with E-state index < -0.39 is 23.2 Å². The summed E-state index contributed by atoms with van der Waals surface area (Å²) >= 11 is 3.29. The molecule has 8 nitrogen and oxygen atoms in total. The second kappa shape index (κ2) is 8.27. The Balaban J connectivity index is 1.97. The molecule has 0 spiro atoms. The summed E-state index contributed by atoms with van der Waals surface area (Å²) in [4.78, 5) is 42.3. The zero-order valence-corrected chi connectivity index (χ0v) is 17.1. The van der Waals surface area contributed by atoms with Crippen LogP contribution in [-0.4, -0.2) is 26.9 Å². The highest BCUT2D eigenvalue weighted by Crippen LogP contribution is 2.20. The number of anilines is 1. The monoisotopic (exact) mass is 456 g/mol. The van der Waals surface area contributed by atoms with E-state index in [1.807, 2.05) is 13.0 Å². The number of carbonyl (C=O) groups is 1. The zero-order chi connectivity index (χ0) is 21.1. The lowest BCUT2D eigenvalue weighted by molar-refractivity contribution is 0.259. The number of aliphatic imine (C=N–C) groups is 1. The van der Waals surface area contributed by atoms with Crippen molar-refractivity contribution in [3.8, 4) is 11.6 Å². The van der Waals surface area contributed by atoms with Crippen LogP contribution in [0.3, 0.4) is 0 Å². The number of aromatic amines is 1. The number of rotatable bonds is 3. The number of urea groups is 1. The molecule has 3 aromatic rings. The van der Waals surface area contributed by atoms with Crippen LogP contribution in [0.5, 0.6) is 5.88 Å². The van der Waals surface area contributed by atoms with Crippen molar-refractivity contribution in [3.05, 3.63) is 84.5 Å². The van der Waals surface area contributed by atoms with Gasteiger partial charge in [0.05, 0.1) is 11.9 Å². The molecule has 29 heavy (non-hydrogen) atoms. The minimum Gasteiger partial charge on any atom is -0.493 e. The van der Waals surface area contributed by atoms with E-state index in [1.165, 1.54) is 0 Å². The Morgan fingerprint density at radius 1 is 1.17 bits per heavy atom. The van der Waals surface area contributed by atoms with E-state index in [-0.39, 0.29) is 5.56 Å². The number of aromatic nitrogens is 2. The summed E-state index contributed by atoms with van der Waals surface area (Å²) in [7, 11) is 0. The highest BCUT2D eigenvalue weighted by atomic mass is 79.9. The van der Waals surface area contributed by atoms with Gasteiger partial charge in [-0.3, -0.25) is 9.78 Å². The molecular formula is C20H17BrN4O4. The van der Waals surface area contributed by atoms with Crippen LogP contribution in [-0.2, 0) is 0 Å². The molecule has 2 aromatic carbocycles. The predicted octanol–water partition coefficient (Wildman–Crippen LogP) is 3.26. The number of carbonyl (C=O) groups excluding carboxylic acids is 1. The van der Waals surface area contributed by atoms with Crippen LogP contribution < -0.4 is 16.6 Å². The van der Waals surface area contributed by atoms with Crippen molar-refractivity contribution < 1.29 is 9.90 Å². The summed E-state index contributed by atoms with van der Waals surface area (Å²) < 4.78 is 1.82. The molecule has 0 saturated heterocycles. The fourth-order valence-electron chi connectivity index (χ4n) is 2.65. The van der Waals surface area contributed by atoms with Crippen LogP contribution in [0.1, 0.15) is 16.7 Å². The van der Waals surface area contributed by atoms with Gasteiger partial charge >= 0.3 is 11.7 Å². The van der Waals surface area contributed by atoms with Crippen molar-refractivity contribution >= 4 is 33.9 Å². The van der Waals surface area contributed by atoms with Gasteiger partial charge in [0.2, 0.25) is 5.88 Å². The highest BCUT2D eigenvalue weighted by molar-refractivity contribution is 9.10. The third-order valence-electron chi connectivity index (χ3n) is 4.13. The summed E-state index contributed by atoms with van der Waals surface area (Å²) in [5.41, 5.74) is 0.554. The maximum absolute atomic E-state index is 12.3. The molecule has 0 aliphatic rings. The van der Waals surface area contributed by atoms with Crippen LogP contribution in [0.4, 0.5) is 10.5 Å². The molecule has 0 unspecified atom stereocenters. The van der Waals surface area contributed by atoms with E-state index in [1.54, 1.807) is 43.3 Å². The first-order valence-electron chi connectivity index (χ1n) is 8.53. The van der Waals surface area contributed by atoms with Gasteiger partial charge in [0.25, 0.3) is 5.56 Å². The van der Waals surface area contributed by atoms with E-state index in [9.17, 15) is 19.5 Å². The fourth-order valence-corrected chi connectivity index (χ4v) is 2.92. The molecule has 0 aliphatic heterocycles. The fraction of sp³-hybridized carbons (Fsp3) is 0.100. The van der Waals surface area contributed by atoms with Crippen molar-refractivity contribution in [2.75, 3.05) is 5.32 Å². The molecule has 0 saturated carbocycles. The van der Waals surface area contributed by atoms with Crippen molar-refractivity contribution in [2.24, 2.45) is 4.99 Å². The van der Waals surface area contributed by atoms with Crippen LogP contribution in [0.15, 0.2) is 61.5 Å². The van der Waals surface area contributed by atoms with Crippen LogP contribution in [0.2, 0.25) is 0 Å². The normalized spacial score (nSPS) is 11.0. The van der Waals surface area contributed by atoms with E-state index in [2.05, 4.69) is 31.2 Å². The van der Waals surface area contributed by atoms with Gasteiger partial charge in [-0.2, -0.15) is 0 Å². The zero-order valence-electron chi connectivity index (χ0n) is 15.6. The first kappa shape index (κ1) is 20.3. The Morgan fingerprint density at radius 3 is 2.55 bits per heavy atom. The lowest BCUT2D eigenvalue weighted by Gasteiger charge is -2.12. The van der Waals surface area contributed by atoms with Crippen LogP contribution >= 0.6 is 15.9 Å². The van der Waals surface area contributed by atoms with Gasteiger partial charge in [-0.15, -0.1) is 0 Å². The van der Waals surface area contributed by atoms with Crippen molar-refractivity contribution in [3.63, 3.8) is 0 Å². The number of hydrogen-bond donors (Lipinski definition) is 3. The maximum atomic E-state index is 12.3. The number of aryl methyl sites for hydroxylation is 2. The lowest BCUT2D eigenvalue weighted by atomic mass is 10.1. The molecule has 0 aliphatic carbocycles. The first-order chi connectivity index (χ1) is 13.8. The molecule has 9 heteroatoms. The smallest absolute Gasteiger partial charge is 0.345 e. The van der Waals surface area contributed by atoms with Gasteiger partial charge in [0.15, 0.2) is 0 Å². The average molecular weight is 457 g/mol. The third kappa shape index (κ3) is 4.52. The first-order valence-corrected chi connectivity index (χ1v) is 9.32. The minimum absolute atomic E-state index is 0.309. The molecule has 1 aromatic heterocycles. The Kier molecular flexibility index (Phi) is 5.79. The molecule has 0 fully saturated rings. The molecular weight excluding hydrogens is 440 g/mol. The molecule has 0 radical (unpaired) electrons. The standard InChI is InChI=1S/C20H17BrN4O4/c1-11-3-4-12(2)16(9-11)25-18(27)15(17(26)24-20(25)29)10-22-19(28)23-14-7-5-13(21)6-8-14/h3-10,27H,1-2H3,(H,23,28)(H,24,26,29). The number of nitrogens with zero attached hydrogens (tertiary/aromatic N) is 2. The molecule has 3 N–H and O–H groups in total. The van der Waals surface area contributed by atoms with E-state index in [0.717, 1.165) is 26.4 Å². The number of aromatic hydroxyl groups is 1. The van der Waals surface area contributed by atoms with Gasteiger partial charge in [-0.1, -0.05) is 28.1 Å². The summed E-state index contributed by atoms with van der Waals surface area (Å²) in [5.74, 6) is -0.604. The second-order valence-electron chi connectivity index (χ2n) is 6.32. The number of amides is 2. The predicted molar refractivity (Wildman–Crippen MR) is 115 cm³/mol. The van der Waals surface area contributed by atoms with Crippen LogP contribution in [0.25, 0.3) is 5.69 Å². The topological polar surface area (TPSA) is 117 Å². The van der Waals surface area contributed by atoms with E-state index in [0.29, 0.717) is 11.4 Å². The Labute approximate surface area is 173 Å². The Hall–Kier alpha value is -3.46. The van der Waals surface area contributed by atoms with Gasteiger partial charge in [0, 0.05) is 10.2 Å². The third-order valence-corrected chi connectivity index (χ3v) is 4.66. The molecule has 0 bridgehead atoms. The van der Waals surface area contributed by atoms with Crippen molar-refractivity contribution in [1.29, 1.82) is 0 Å². The van der Waals surface area contributed by atoms with Gasteiger partial charge in [-0.05, 0) is 55.3 Å². The van der Waals surface area contributed by atoms with Crippen molar-refractivity contribution in [1.82, 2.24) is 9.55 Å². The minimum atomic E-state index is -0.853. The Morgan fingerprint density at radius 2 is 1.86 bits per heavy atom. The highest BCUT2D eigenvalue weighted by Gasteiger charge is 2.16. The molecule has 2 amide bonds. The average Bonchev–Trinajstić information content (AvgIpc) is 2.66. The van der Waals surface area contributed by atoms with Crippen LogP contribution in [0, 0.1) is 13.8 Å². The number of benzene rings is 2. The van der Waals surface area contributed by atoms with Crippen molar-refractivity contribution in [2.45, 2.75) is 13.8 Å². The molecule has 148 valence electrons. The quantitative estimate of drug-likeness (QED) is 0.524. The summed E-state index contributed by atoms with van der Waals surface area (Å²) in [5, 5.41) is 13.1. The molecule has 3 rings (SSSR count). The SMILES string of the molecule is Cc1ccc(C)c(-n2c(O)c(C=NC(=O)Nc3ccc(Br)cc3)c(=O)[nH]c2=O)c1. The largest absolute Gasteiger partial charge is 0.493 e. The van der Waals surface area contributed by atoms with Gasteiger partial charge < -0.3 is 10.4 Å². The summed E-state index contributed by atoms with van der Waals surface area (Å²) in [6.45, 7) is 3.61.